The standard InChI is InChI=1S/C19H17ClN2O4/c1-19(2)15-9-11(18(23)17(21-24)7-8-20)3-5-13(15)14-6-4-12(22(25)26)10-16(14)19/h3-6,9-10,24H,7-8H2,1-2H3/b21-17+. The smallest absolute Gasteiger partial charge is 0.269 e. The van der Waals surface area contributed by atoms with E-state index in [-0.39, 0.29) is 29.5 Å². The molecule has 134 valence electrons. The van der Waals surface area contributed by atoms with Crippen molar-refractivity contribution in [3.05, 3.63) is 63.2 Å². The summed E-state index contributed by atoms with van der Waals surface area (Å²) in [7, 11) is 0. The van der Waals surface area contributed by atoms with Crippen LogP contribution in [0.4, 0.5) is 5.69 Å². The monoisotopic (exact) mass is 372 g/mol. The number of nitrogens with zero attached hydrogens (tertiary/aromatic N) is 2. The SMILES string of the molecule is CC1(C)c2cc(C(=O)/C(CCCl)=N/O)ccc2-c2ccc([N+](=O)[O-])cc21. The molecular weight excluding hydrogens is 356 g/mol. The number of benzene rings is 2. The van der Waals surface area contributed by atoms with Gasteiger partial charge in [-0.05, 0) is 34.4 Å². The highest BCUT2D eigenvalue weighted by Crippen LogP contribution is 2.49. The van der Waals surface area contributed by atoms with Crippen molar-refractivity contribution in [3.63, 3.8) is 0 Å². The van der Waals surface area contributed by atoms with Crippen molar-refractivity contribution in [2.24, 2.45) is 5.16 Å². The fourth-order valence-electron chi connectivity index (χ4n) is 3.45. The molecule has 26 heavy (non-hydrogen) atoms. The Balaban J connectivity index is 2.10. The molecule has 0 radical (unpaired) electrons. The third kappa shape index (κ3) is 2.76. The summed E-state index contributed by atoms with van der Waals surface area (Å²) in [6, 6.07) is 10.1. The number of nitro benzene ring substituents is 1. The van der Waals surface area contributed by atoms with Gasteiger partial charge in [-0.3, -0.25) is 14.9 Å². The van der Waals surface area contributed by atoms with E-state index in [9.17, 15) is 14.9 Å². The van der Waals surface area contributed by atoms with Gasteiger partial charge in [-0.2, -0.15) is 0 Å². The number of oxime groups is 1. The van der Waals surface area contributed by atoms with Crippen LogP contribution >= 0.6 is 11.6 Å². The van der Waals surface area contributed by atoms with Gasteiger partial charge in [-0.25, -0.2) is 0 Å². The highest BCUT2D eigenvalue weighted by molar-refractivity contribution is 6.46. The van der Waals surface area contributed by atoms with Crippen LogP contribution in [-0.4, -0.2) is 27.5 Å². The molecule has 1 aliphatic carbocycles. The molecule has 0 fully saturated rings. The van der Waals surface area contributed by atoms with Crippen molar-refractivity contribution >= 4 is 28.8 Å². The number of alkyl halides is 1. The maximum Gasteiger partial charge on any atom is 0.269 e. The summed E-state index contributed by atoms with van der Waals surface area (Å²) in [5.41, 5.74) is 3.57. The Hall–Kier alpha value is -2.73. The summed E-state index contributed by atoms with van der Waals surface area (Å²) in [5, 5.41) is 23.2. The number of fused-ring (bicyclic) bond motifs is 3. The zero-order chi connectivity index (χ0) is 19.1. The Morgan fingerprint density at radius 2 is 1.81 bits per heavy atom. The first-order chi connectivity index (χ1) is 12.3. The largest absolute Gasteiger partial charge is 0.411 e. The molecule has 0 atom stereocenters. The summed E-state index contributed by atoms with van der Waals surface area (Å²) >= 11 is 5.65. The van der Waals surface area contributed by atoms with Gasteiger partial charge in [-0.15, -0.1) is 11.6 Å². The lowest BCUT2D eigenvalue weighted by Crippen LogP contribution is -2.18. The molecule has 0 spiro atoms. The van der Waals surface area contributed by atoms with Gasteiger partial charge in [-0.1, -0.05) is 31.1 Å². The van der Waals surface area contributed by atoms with Crippen LogP contribution in [0.3, 0.4) is 0 Å². The van der Waals surface area contributed by atoms with Crippen LogP contribution in [0.15, 0.2) is 41.6 Å². The second-order valence-corrected chi connectivity index (χ2v) is 7.07. The van der Waals surface area contributed by atoms with Crippen molar-refractivity contribution < 1.29 is 14.9 Å². The molecule has 2 aromatic rings. The Kier molecular flexibility index (Phi) is 4.54. The molecule has 0 aromatic heterocycles. The maximum absolute atomic E-state index is 12.6. The van der Waals surface area contributed by atoms with Crippen molar-refractivity contribution in [2.75, 3.05) is 5.88 Å². The van der Waals surface area contributed by atoms with E-state index in [0.717, 1.165) is 22.3 Å². The molecule has 0 saturated heterocycles. The van der Waals surface area contributed by atoms with E-state index >= 15 is 0 Å². The highest BCUT2D eigenvalue weighted by atomic mass is 35.5. The van der Waals surface area contributed by atoms with Gasteiger partial charge in [0, 0.05) is 35.4 Å². The number of rotatable bonds is 5. The van der Waals surface area contributed by atoms with Crippen LogP contribution in [0, 0.1) is 10.1 Å². The second kappa shape index (κ2) is 6.53. The number of Topliss-reactive ketones (excluding diaryl/α,β-unsaturated/α-hetero) is 1. The van der Waals surface area contributed by atoms with Gasteiger partial charge in [0.25, 0.3) is 5.69 Å². The van der Waals surface area contributed by atoms with Gasteiger partial charge in [0.05, 0.1) is 4.92 Å². The second-order valence-electron chi connectivity index (χ2n) is 6.69. The van der Waals surface area contributed by atoms with E-state index in [1.807, 2.05) is 19.9 Å². The molecule has 0 bridgehead atoms. The summed E-state index contributed by atoms with van der Waals surface area (Å²) in [6.45, 7) is 3.94. The minimum absolute atomic E-state index is 0.00362. The van der Waals surface area contributed by atoms with Crippen molar-refractivity contribution in [1.29, 1.82) is 0 Å². The zero-order valence-corrected chi connectivity index (χ0v) is 15.1. The van der Waals surface area contributed by atoms with E-state index < -0.39 is 10.3 Å². The van der Waals surface area contributed by atoms with Gasteiger partial charge < -0.3 is 5.21 Å². The topological polar surface area (TPSA) is 92.8 Å². The molecule has 0 amide bonds. The van der Waals surface area contributed by atoms with Crippen LogP contribution in [0.5, 0.6) is 0 Å². The number of nitro groups is 1. The molecule has 0 saturated carbocycles. The van der Waals surface area contributed by atoms with Crippen LogP contribution in [0.1, 0.15) is 41.8 Å². The molecular formula is C19H17ClN2O4. The number of hydrogen-bond donors (Lipinski definition) is 1. The van der Waals surface area contributed by atoms with Crippen LogP contribution in [0.25, 0.3) is 11.1 Å². The average molecular weight is 373 g/mol. The number of carbonyl (C=O) groups is 1. The lowest BCUT2D eigenvalue weighted by molar-refractivity contribution is -0.384. The first-order valence-corrected chi connectivity index (χ1v) is 8.60. The summed E-state index contributed by atoms with van der Waals surface area (Å²) in [5.74, 6) is -0.204. The molecule has 7 heteroatoms. The molecule has 6 nitrogen and oxygen atoms in total. The number of carbonyl (C=O) groups excluding carboxylic acids is 1. The predicted octanol–water partition coefficient (Wildman–Crippen LogP) is 4.54. The lowest BCUT2D eigenvalue weighted by atomic mass is 9.81. The Bertz CT molecular complexity index is 951. The van der Waals surface area contributed by atoms with Crippen LogP contribution in [0.2, 0.25) is 0 Å². The Morgan fingerprint density at radius 3 is 2.38 bits per heavy atom. The lowest BCUT2D eigenvalue weighted by Gasteiger charge is -2.21. The van der Waals surface area contributed by atoms with Crippen molar-refractivity contribution in [2.45, 2.75) is 25.7 Å². The summed E-state index contributed by atoms with van der Waals surface area (Å²) in [4.78, 5) is 23.3. The summed E-state index contributed by atoms with van der Waals surface area (Å²) in [6.07, 6.45) is 0.170. The third-order valence-corrected chi connectivity index (χ3v) is 5.04. The van der Waals surface area contributed by atoms with Gasteiger partial charge in [0.2, 0.25) is 5.78 Å². The van der Waals surface area contributed by atoms with Crippen LogP contribution in [-0.2, 0) is 5.41 Å². The number of ketones is 1. The van der Waals surface area contributed by atoms with E-state index in [4.69, 9.17) is 16.8 Å². The number of hydrogen-bond acceptors (Lipinski definition) is 5. The first kappa shape index (κ1) is 18.1. The average Bonchev–Trinajstić information content (AvgIpc) is 2.86. The van der Waals surface area contributed by atoms with Gasteiger partial charge in [0.1, 0.15) is 5.71 Å². The highest BCUT2D eigenvalue weighted by Gasteiger charge is 2.37. The number of non-ortho nitro benzene ring substituents is 1. The number of halogens is 1. The Morgan fingerprint density at radius 1 is 1.19 bits per heavy atom. The predicted molar refractivity (Wildman–Crippen MR) is 99.5 cm³/mol. The first-order valence-electron chi connectivity index (χ1n) is 8.06. The Labute approximate surface area is 155 Å². The molecule has 3 rings (SSSR count). The molecule has 1 aliphatic rings. The van der Waals surface area contributed by atoms with Crippen molar-refractivity contribution in [1.82, 2.24) is 0 Å². The van der Waals surface area contributed by atoms with Crippen LogP contribution < -0.4 is 0 Å². The van der Waals surface area contributed by atoms with E-state index in [1.54, 1.807) is 24.3 Å². The van der Waals surface area contributed by atoms with Gasteiger partial charge >= 0.3 is 0 Å². The minimum Gasteiger partial charge on any atom is -0.411 e. The van der Waals surface area contributed by atoms with Gasteiger partial charge in [0.15, 0.2) is 0 Å². The zero-order valence-electron chi connectivity index (χ0n) is 14.3. The van der Waals surface area contributed by atoms with E-state index in [2.05, 4.69) is 5.16 Å². The van der Waals surface area contributed by atoms with E-state index in [1.165, 1.54) is 6.07 Å². The van der Waals surface area contributed by atoms with E-state index in [0.29, 0.717) is 5.56 Å². The molecule has 0 unspecified atom stereocenters. The normalized spacial score (nSPS) is 14.7. The molecule has 0 heterocycles. The third-order valence-electron chi connectivity index (χ3n) is 4.85. The molecule has 2 aromatic carbocycles. The molecule has 1 N–H and O–H groups in total. The fourth-order valence-corrected chi connectivity index (χ4v) is 3.62. The molecule has 0 aliphatic heterocycles. The fraction of sp³-hybridized carbons (Fsp3) is 0.263. The minimum atomic E-state index is -0.490. The quantitative estimate of drug-likeness (QED) is 0.208. The van der Waals surface area contributed by atoms with Crippen molar-refractivity contribution in [3.8, 4) is 11.1 Å². The summed E-state index contributed by atoms with van der Waals surface area (Å²) < 4.78 is 0. The maximum atomic E-state index is 12.6.